The monoisotopic (exact) mass is 769 g/mol. The Kier molecular flexibility index (Phi) is 14.0. The summed E-state index contributed by atoms with van der Waals surface area (Å²) in [5.41, 5.74) is 1.09. The zero-order valence-electron chi connectivity index (χ0n) is 32.1. The standard InChI is InChI=1S/C38H59N11O4.ClH/c1-3-53-37(52)33-24-40-38(43-31-23-41-45(2)26-31)44-34(33)42-30-8-10-32(11-9-30)47-18-20-49(21-19-47)36(51)29-6-4-28(5-7-29)35(50)48-16-14-46(15-17-48)25-27-12-13-39-22-27;/h23-24,26-30,32,39H,3-22,25H2,1-2H3,(H2,40,42,43,44);1H/t27-,28?,29?,30?,32?;/m0./s1. The van der Waals surface area contributed by atoms with Gasteiger partial charge in [-0.25, -0.2) is 9.78 Å². The second kappa shape index (κ2) is 18.9. The molecule has 2 aromatic heterocycles. The Labute approximate surface area is 325 Å². The third-order valence-corrected chi connectivity index (χ3v) is 12.2. The molecule has 0 aromatic carbocycles. The quantitative estimate of drug-likeness (QED) is 0.288. The Hall–Kier alpha value is -3.53. The number of aromatic nitrogens is 4. The van der Waals surface area contributed by atoms with Gasteiger partial charge in [0, 0.05) is 102 Å². The molecule has 16 heteroatoms. The fourth-order valence-corrected chi connectivity index (χ4v) is 9.10. The minimum atomic E-state index is -0.442. The predicted octanol–water partition coefficient (Wildman–Crippen LogP) is 2.98. The molecule has 3 saturated heterocycles. The van der Waals surface area contributed by atoms with Crippen LogP contribution in [0.2, 0.25) is 0 Å². The van der Waals surface area contributed by atoms with Gasteiger partial charge in [-0.3, -0.25) is 24.1 Å². The van der Waals surface area contributed by atoms with Crippen LogP contribution in [0.15, 0.2) is 18.6 Å². The van der Waals surface area contributed by atoms with E-state index in [-0.39, 0.29) is 42.8 Å². The Morgan fingerprint density at radius 2 is 1.50 bits per heavy atom. The minimum Gasteiger partial charge on any atom is -0.462 e. The number of piperazine rings is 2. The highest BCUT2D eigenvalue weighted by atomic mass is 35.5. The summed E-state index contributed by atoms with van der Waals surface area (Å²) in [7, 11) is 1.84. The van der Waals surface area contributed by atoms with Gasteiger partial charge in [-0.05, 0) is 83.7 Å². The molecular weight excluding hydrogens is 710 g/mol. The van der Waals surface area contributed by atoms with Gasteiger partial charge in [-0.2, -0.15) is 10.1 Å². The van der Waals surface area contributed by atoms with Crippen molar-refractivity contribution in [3.8, 4) is 0 Å². The zero-order chi connectivity index (χ0) is 36.7. The number of rotatable bonds is 11. The number of nitrogens with zero attached hydrogens (tertiary/aromatic N) is 8. The van der Waals surface area contributed by atoms with E-state index in [2.05, 4.69) is 50.6 Å². The molecule has 7 rings (SSSR count). The number of amides is 2. The number of hydrogen-bond donors (Lipinski definition) is 3. The van der Waals surface area contributed by atoms with Crippen molar-refractivity contribution in [2.24, 2.45) is 24.8 Å². The normalized spacial score (nSPS) is 26.9. The number of hydrogen-bond acceptors (Lipinski definition) is 12. The van der Waals surface area contributed by atoms with Gasteiger partial charge in [-0.1, -0.05) is 0 Å². The lowest BCUT2D eigenvalue weighted by molar-refractivity contribution is -0.143. The van der Waals surface area contributed by atoms with E-state index in [1.807, 2.05) is 13.2 Å². The Morgan fingerprint density at radius 1 is 0.852 bits per heavy atom. The van der Waals surface area contributed by atoms with Crippen molar-refractivity contribution in [3.05, 3.63) is 24.2 Å². The summed E-state index contributed by atoms with van der Waals surface area (Å²) in [6.45, 7) is 12.4. The van der Waals surface area contributed by atoms with E-state index in [4.69, 9.17) is 4.74 Å². The van der Waals surface area contributed by atoms with Crippen LogP contribution in [0.5, 0.6) is 0 Å². The molecule has 5 aliphatic rings. The third-order valence-electron chi connectivity index (χ3n) is 12.2. The van der Waals surface area contributed by atoms with Gasteiger partial charge in [-0.15, -0.1) is 12.4 Å². The maximum Gasteiger partial charge on any atom is 0.343 e. The number of carbonyl (C=O) groups is 3. The van der Waals surface area contributed by atoms with Crippen molar-refractivity contribution in [1.29, 1.82) is 0 Å². The number of aryl methyl sites for hydroxylation is 1. The van der Waals surface area contributed by atoms with Crippen LogP contribution in [0.1, 0.15) is 75.1 Å². The Balaban J connectivity index is 0.00000497. The van der Waals surface area contributed by atoms with Crippen LogP contribution < -0.4 is 16.0 Å². The van der Waals surface area contributed by atoms with Gasteiger partial charge in [0.15, 0.2) is 0 Å². The highest BCUT2D eigenvalue weighted by Crippen LogP contribution is 2.33. The number of anilines is 3. The topological polar surface area (TPSA) is 153 Å². The molecule has 2 saturated carbocycles. The van der Waals surface area contributed by atoms with E-state index < -0.39 is 5.97 Å². The van der Waals surface area contributed by atoms with E-state index in [9.17, 15) is 14.4 Å². The van der Waals surface area contributed by atoms with Crippen molar-refractivity contribution in [1.82, 2.24) is 44.7 Å². The number of halogens is 1. The molecule has 0 bridgehead atoms. The molecule has 1 atom stereocenters. The molecule has 0 unspecified atom stereocenters. The largest absolute Gasteiger partial charge is 0.462 e. The van der Waals surface area contributed by atoms with Crippen LogP contribution in [0.3, 0.4) is 0 Å². The Bertz CT molecular complexity index is 1540. The molecule has 2 amide bonds. The summed E-state index contributed by atoms with van der Waals surface area (Å²) in [6, 6.07) is 0.653. The molecule has 3 aliphatic heterocycles. The summed E-state index contributed by atoms with van der Waals surface area (Å²) in [4.78, 5) is 58.0. The molecule has 3 N–H and O–H groups in total. The lowest BCUT2D eigenvalue weighted by atomic mass is 9.80. The molecule has 298 valence electrons. The molecule has 0 radical (unpaired) electrons. The molecule has 54 heavy (non-hydrogen) atoms. The van der Waals surface area contributed by atoms with Crippen molar-refractivity contribution < 1.29 is 19.1 Å². The molecular formula is C38H60ClN11O4. The molecule has 5 heterocycles. The molecule has 2 aromatic rings. The van der Waals surface area contributed by atoms with Crippen LogP contribution in [-0.2, 0) is 21.4 Å². The highest BCUT2D eigenvalue weighted by molar-refractivity contribution is 5.94. The Morgan fingerprint density at radius 3 is 2.07 bits per heavy atom. The summed E-state index contributed by atoms with van der Waals surface area (Å²) >= 11 is 0. The fourth-order valence-electron chi connectivity index (χ4n) is 9.10. The second-order valence-corrected chi connectivity index (χ2v) is 15.7. The van der Waals surface area contributed by atoms with Crippen LogP contribution in [-0.4, -0.2) is 148 Å². The summed E-state index contributed by atoms with van der Waals surface area (Å²) in [6.07, 6.45) is 13.6. The first-order chi connectivity index (χ1) is 25.8. The first kappa shape index (κ1) is 40.1. The van der Waals surface area contributed by atoms with E-state index >= 15 is 0 Å². The average molecular weight is 770 g/mol. The van der Waals surface area contributed by atoms with Crippen LogP contribution in [0, 0.1) is 17.8 Å². The maximum absolute atomic E-state index is 13.6. The predicted molar refractivity (Wildman–Crippen MR) is 209 cm³/mol. The SMILES string of the molecule is CCOC(=O)c1cnc(Nc2cnn(C)c2)nc1NC1CCC(N2CCN(C(=O)C3CCC(C(=O)N4CCN(C[C@H]5CCNC5)CC4)CC3)CC2)CC1.Cl. The summed E-state index contributed by atoms with van der Waals surface area (Å²) in [5, 5.41) is 14.3. The van der Waals surface area contributed by atoms with Crippen LogP contribution in [0.4, 0.5) is 17.5 Å². The second-order valence-electron chi connectivity index (χ2n) is 15.7. The molecule has 5 fully saturated rings. The van der Waals surface area contributed by atoms with Crippen molar-refractivity contribution >= 4 is 47.6 Å². The summed E-state index contributed by atoms with van der Waals surface area (Å²) < 4.78 is 6.98. The smallest absolute Gasteiger partial charge is 0.343 e. The molecule has 0 spiro atoms. The number of esters is 1. The van der Waals surface area contributed by atoms with Gasteiger partial charge < -0.3 is 30.5 Å². The van der Waals surface area contributed by atoms with Crippen molar-refractivity contribution in [3.63, 3.8) is 0 Å². The van der Waals surface area contributed by atoms with Crippen LogP contribution >= 0.6 is 12.4 Å². The highest BCUT2D eigenvalue weighted by Gasteiger charge is 2.37. The van der Waals surface area contributed by atoms with E-state index in [1.54, 1.807) is 17.8 Å². The van der Waals surface area contributed by atoms with Gasteiger partial charge in [0.2, 0.25) is 17.8 Å². The van der Waals surface area contributed by atoms with E-state index in [0.29, 0.717) is 29.3 Å². The maximum atomic E-state index is 13.6. The van der Waals surface area contributed by atoms with Gasteiger partial charge >= 0.3 is 5.97 Å². The van der Waals surface area contributed by atoms with Crippen molar-refractivity contribution in [2.45, 2.75) is 76.8 Å². The molecule has 15 nitrogen and oxygen atoms in total. The fraction of sp³-hybridized carbons (Fsp3) is 0.737. The zero-order valence-corrected chi connectivity index (χ0v) is 32.9. The average Bonchev–Trinajstić information content (AvgIpc) is 3.86. The lowest BCUT2D eigenvalue weighted by Crippen LogP contribution is -2.54. The lowest BCUT2D eigenvalue weighted by Gasteiger charge is -2.43. The summed E-state index contributed by atoms with van der Waals surface area (Å²) in [5.74, 6) is 1.89. The third kappa shape index (κ3) is 10.0. The minimum absolute atomic E-state index is 0. The number of carbonyl (C=O) groups excluding carboxylic acids is 3. The van der Waals surface area contributed by atoms with Gasteiger partial charge in [0.05, 0.1) is 18.5 Å². The number of ether oxygens (including phenoxy) is 1. The van der Waals surface area contributed by atoms with E-state index in [1.165, 1.54) is 12.6 Å². The van der Waals surface area contributed by atoms with Crippen LogP contribution in [0.25, 0.3) is 0 Å². The van der Waals surface area contributed by atoms with E-state index in [0.717, 1.165) is 135 Å². The van der Waals surface area contributed by atoms with Gasteiger partial charge in [0.25, 0.3) is 0 Å². The number of nitrogens with one attached hydrogen (secondary N) is 3. The molecule has 2 aliphatic carbocycles. The van der Waals surface area contributed by atoms with Gasteiger partial charge in [0.1, 0.15) is 11.4 Å². The van der Waals surface area contributed by atoms with Crippen molar-refractivity contribution in [2.75, 3.05) is 89.2 Å². The first-order valence-corrected chi connectivity index (χ1v) is 20.1. The first-order valence-electron chi connectivity index (χ1n) is 20.1.